The normalized spacial score (nSPS) is 11.6. The number of halogens is 2. The van der Waals surface area contributed by atoms with Crippen molar-refractivity contribution in [1.29, 1.82) is 5.26 Å². The molecule has 2 aromatic heterocycles. The highest BCUT2D eigenvalue weighted by Crippen LogP contribution is 2.49. The standard InChI is InChI=1S/C44H35BrClN7O/c1-2-3-23-39-48-42(46)38(24-26-47)52(39)28-36-33-25-27-54-29-37(33)41(45)40(36)34-21-13-14-22-35(34)43-49-51-53(50-43)44(30-15-7-4-8-16-30,31-17-9-5-10-18-31)32-19-11-6-12-20-32/h4-22,25,27,29H,2-3,23-24,28H2,1H3. The molecule has 266 valence electrons. The van der Waals surface area contributed by atoms with Gasteiger partial charge in [0.2, 0.25) is 5.82 Å². The molecular formula is C44H35BrClN7O. The second-order valence-electron chi connectivity index (χ2n) is 13.1. The van der Waals surface area contributed by atoms with Crippen LogP contribution >= 0.6 is 27.5 Å². The third kappa shape index (κ3) is 6.11. The van der Waals surface area contributed by atoms with Crippen molar-refractivity contribution < 1.29 is 4.42 Å². The largest absolute Gasteiger partial charge is 0.472 e. The maximum Gasteiger partial charge on any atom is 0.205 e. The molecule has 10 heteroatoms. The zero-order valence-electron chi connectivity index (χ0n) is 29.5. The fraction of sp³-hybridized carbons (Fsp3) is 0.159. The summed E-state index contributed by atoms with van der Waals surface area (Å²) in [6.45, 7) is 2.60. The number of benzene rings is 4. The van der Waals surface area contributed by atoms with Gasteiger partial charge < -0.3 is 8.98 Å². The Morgan fingerprint density at radius 3 is 2.02 bits per heavy atom. The number of nitriles is 1. The van der Waals surface area contributed by atoms with Crippen LogP contribution in [0.5, 0.6) is 0 Å². The van der Waals surface area contributed by atoms with E-state index in [-0.39, 0.29) is 6.42 Å². The predicted molar refractivity (Wildman–Crippen MR) is 214 cm³/mol. The van der Waals surface area contributed by atoms with Gasteiger partial charge in [-0.05, 0) is 67.0 Å². The average molecular weight is 793 g/mol. The number of hydrogen-bond acceptors (Lipinski definition) is 6. The van der Waals surface area contributed by atoms with E-state index in [1.165, 1.54) is 0 Å². The number of aryl methyl sites for hydroxylation is 1. The number of aromatic nitrogens is 6. The zero-order valence-corrected chi connectivity index (χ0v) is 31.9. The summed E-state index contributed by atoms with van der Waals surface area (Å²) in [5.41, 5.74) is 8.46. The number of unbranched alkanes of at least 4 members (excludes halogenated alkanes) is 1. The van der Waals surface area contributed by atoms with Crippen molar-refractivity contribution in [3.63, 3.8) is 0 Å². The third-order valence-electron chi connectivity index (χ3n) is 10.0. The van der Waals surface area contributed by atoms with Crippen LogP contribution in [0.25, 0.3) is 33.6 Å². The van der Waals surface area contributed by atoms with Gasteiger partial charge in [0, 0.05) is 27.6 Å². The molecule has 0 saturated carbocycles. The Bertz CT molecular complexity index is 2440. The molecular weight excluding hydrogens is 758 g/mol. The van der Waals surface area contributed by atoms with Crippen LogP contribution < -0.4 is 0 Å². The monoisotopic (exact) mass is 791 g/mol. The van der Waals surface area contributed by atoms with Crippen molar-refractivity contribution in [3.05, 3.63) is 177 Å². The molecule has 0 saturated heterocycles. The van der Waals surface area contributed by atoms with Gasteiger partial charge in [0.1, 0.15) is 5.82 Å². The van der Waals surface area contributed by atoms with E-state index in [4.69, 9.17) is 36.4 Å². The minimum Gasteiger partial charge on any atom is -0.472 e. The van der Waals surface area contributed by atoms with Crippen molar-refractivity contribution in [1.82, 2.24) is 29.8 Å². The van der Waals surface area contributed by atoms with Gasteiger partial charge in [-0.15, -0.1) is 15.0 Å². The minimum absolute atomic E-state index is 0.151. The summed E-state index contributed by atoms with van der Waals surface area (Å²) in [7, 11) is 0. The summed E-state index contributed by atoms with van der Waals surface area (Å²) < 4.78 is 8.69. The molecule has 0 N–H and O–H groups in total. The first-order valence-electron chi connectivity index (χ1n) is 17.9. The van der Waals surface area contributed by atoms with Gasteiger partial charge in [0.05, 0.1) is 37.3 Å². The third-order valence-corrected chi connectivity index (χ3v) is 11.1. The second kappa shape index (κ2) is 15.3. The van der Waals surface area contributed by atoms with Crippen LogP contribution in [0.4, 0.5) is 0 Å². The van der Waals surface area contributed by atoms with Gasteiger partial charge in [-0.2, -0.15) is 5.26 Å². The molecule has 1 aliphatic carbocycles. The van der Waals surface area contributed by atoms with Crippen LogP contribution in [0.15, 0.2) is 143 Å². The van der Waals surface area contributed by atoms with Crippen molar-refractivity contribution in [2.24, 2.45) is 0 Å². The topological polar surface area (TPSA) is 98.4 Å². The molecule has 4 aromatic carbocycles. The van der Waals surface area contributed by atoms with Crippen LogP contribution in [-0.2, 0) is 24.9 Å². The maximum absolute atomic E-state index is 9.78. The van der Waals surface area contributed by atoms with Gasteiger partial charge in [-0.1, -0.05) is 140 Å². The molecule has 0 unspecified atom stereocenters. The van der Waals surface area contributed by atoms with E-state index in [1.807, 2.05) is 78.9 Å². The summed E-state index contributed by atoms with van der Waals surface area (Å²) >= 11 is 10.7. The quantitative estimate of drug-likeness (QED) is 0.114. The number of hydrogen-bond donors (Lipinski definition) is 0. The number of tetrazole rings is 1. The van der Waals surface area contributed by atoms with Crippen molar-refractivity contribution in [2.45, 2.75) is 44.7 Å². The SMILES string of the molecule is CCCCc1nc(Cl)c(CC#N)n1Cc1c2ccocc-2c(Br)c1-c1ccccc1-c1nnn(C(c2ccccc2)(c2ccccc2)c2ccccc2)n1. The molecule has 3 heterocycles. The molecule has 8 rings (SSSR count). The van der Waals surface area contributed by atoms with Crippen LogP contribution in [0, 0.1) is 11.3 Å². The van der Waals surface area contributed by atoms with E-state index in [1.54, 1.807) is 17.3 Å². The maximum atomic E-state index is 9.78. The molecule has 0 bridgehead atoms. The van der Waals surface area contributed by atoms with E-state index >= 15 is 0 Å². The molecule has 0 radical (unpaired) electrons. The Morgan fingerprint density at radius 2 is 1.41 bits per heavy atom. The van der Waals surface area contributed by atoms with Crippen molar-refractivity contribution in [3.8, 4) is 39.7 Å². The number of fused-ring (bicyclic) bond motifs is 1. The summed E-state index contributed by atoms with van der Waals surface area (Å²) in [5.74, 6) is 1.34. The van der Waals surface area contributed by atoms with Gasteiger partial charge in [0.25, 0.3) is 0 Å². The molecule has 1 aliphatic heterocycles. The van der Waals surface area contributed by atoms with Crippen LogP contribution in [0.3, 0.4) is 0 Å². The Hall–Kier alpha value is -5.82. The molecule has 0 fully saturated rings. The Labute approximate surface area is 327 Å². The van der Waals surface area contributed by atoms with Crippen molar-refractivity contribution >= 4 is 27.5 Å². The highest BCUT2D eigenvalue weighted by molar-refractivity contribution is 9.10. The molecule has 54 heavy (non-hydrogen) atoms. The van der Waals surface area contributed by atoms with Crippen molar-refractivity contribution in [2.75, 3.05) is 0 Å². The highest BCUT2D eigenvalue weighted by atomic mass is 79.9. The highest BCUT2D eigenvalue weighted by Gasteiger charge is 2.41. The molecule has 0 atom stereocenters. The molecule has 0 amide bonds. The molecule has 2 aliphatic rings. The average Bonchev–Trinajstić information content (AvgIpc) is 3.90. The van der Waals surface area contributed by atoms with E-state index < -0.39 is 5.54 Å². The first-order valence-corrected chi connectivity index (χ1v) is 19.1. The lowest BCUT2D eigenvalue weighted by atomic mass is 9.77. The fourth-order valence-corrected chi connectivity index (χ4v) is 8.54. The van der Waals surface area contributed by atoms with E-state index in [0.717, 1.165) is 79.6 Å². The van der Waals surface area contributed by atoms with Gasteiger partial charge in [-0.25, -0.2) is 4.98 Å². The van der Waals surface area contributed by atoms with Gasteiger partial charge in [-0.3, -0.25) is 0 Å². The minimum atomic E-state index is -0.918. The van der Waals surface area contributed by atoms with E-state index in [9.17, 15) is 5.26 Å². The van der Waals surface area contributed by atoms with E-state index in [0.29, 0.717) is 23.2 Å². The van der Waals surface area contributed by atoms with Crippen LogP contribution in [0.2, 0.25) is 5.15 Å². The number of rotatable bonds is 12. The van der Waals surface area contributed by atoms with Gasteiger partial charge in [0.15, 0.2) is 10.7 Å². The molecule has 6 aromatic rings. The molecule has 0 spiro atoms. The summed E-state index contributed by atoms with van der Waals surface area (Å²) in [4.78, 5) is 6.48. The lowest BCUT2D eigenvalue weighted by Crippen LogP contribution is -2.39. The Balaban J connectivity index is 1.33. The second-order valence-corrected chi connectivity index (χ2v) is 14.2. The first kappa shape index (κ1) is 35.2. The number of nitrogens with zero attached hydrogens (tertiary/aromatic N) is 7. The van der Waals surface area contributed by atoms with Crippen LogP contribution in [-0.4, -0.2) is 29.8 Å². The number of imidazole rings is 1. The Kier molecular flexibility index (Phi) is 9.96. The smallest absolute Gasteiger partial charge is 0.205 e. The summed E-state index contributed by atoms with van der Waals surface area (Å²) in [6.07, 6.45) is 6.31. The summed E-state index contributed by atoms with van der Waals surface area (Å²) in [6, 6.07) is 43.4. The fourth-order valence-electron chi connectivity index (χ4n) is 7.51. The van der Waals surface area contributed by atoms with Crippen LogP contribution in [0.1, 0.15) is 53.5 Å². The van der Waals surface area contributed by atoms with Gasteiger partial charge >= 0.3 is 0 Å². The first-order chi connectivity index (χ1) is 26.6. The summed E-state index contributed by atoms with van der Waals surface area (Å²) in [5, 5.41) is 25.0. The lowest BCUT2D eigenvalue weighted by Gasteiger charge is -2.34. The Morgan fingerprint density at radius 1 is 0.796 bits per heavy atom. The van der Waals surface area contributed by atoms with E-state index in [2.05, 4.69) is 76.0 Å². The lowest BCUT2D eigenvalue weighted by molar-refractivity contribution is 0.396. The zero-order chi connectivity index (χ0) is 37.1. The predicted octanol–water partition coefficient (Wildman–Crippen LogP) is 10.6. The molecule has 8 nitrogen and oxygen atoms in total.